The summed E-state index contributed by atoms with van der Waals surface area (Å²) in [6.45, 7) is 7.42. The van der Waals surface area contributed by atoms with Crippen LogP contribution in [0.1, 0.15) is 37.7 Å². The van der Waals surface area contributed by atoms with Crippen LogP contribution >= 0.6 is 0 Å². The minimum absolute atomic E-state index is 0.0569. The van der Waals surface area contributed by atoms with Gasteiger partial charge in [-0.25, -0.2) is 22.6 Å². The lowest BCUT2D eigenvalue weighted by molar-refractivity contribution is 0.115. The summed E-state index contributed by atoms with van der Waals surface area (Å²) >= 11 is 0. The third-order valence-electron chi connectivity index (χ3n) is 5.52. The van der Waals surface area contributed by atoms with Crippen molar-refractivity contribution in [3.8, 4) is 0 Å². The Morgan fingerprint density at radius 1 is 1.26 bits per heavy atom. The number of nitrogens with zero attached hydrogens (tertiary/aromatic N) is 4. The van der Waals surface area contributed by atoms with Gasteiger partial charge in [0.2, 0.25) is 0 Å². The number of imidazole rings is 1. The average molecular weight is 447 g/mol. The summed E-state index contributed by atoms with van der Waals surface area (Å²) in [4.78, 5) is 23.4. The maximum atomic E-state index is 13.3. The highest BCUT2D eigenvalue weighted by Gasteiger charge is 2.32. The predicted octanol–water partition coefficient (Wildman–Crippen LogP) is 1.16. The van der Waals surface area contributed by atoms with Crippen LogP contribution in [0, 0.1) is 12.8 Å². The fraction of sp³-hybridized carbons (Fsp3) is 0.450. The van der Waals surface area contributed by atoms with Crippen LogP contribution < -0.4 is 20.4 Å². The molecular weight excluding hydrogens is 420 g/mol. The number of hydrogen-bond donors (Lipinski definition) is 2. The van der Waals surface area contributed by atoms with Crippen LogP contribution in [0.25, 0.3) is 5.52 Å². The summed E-state index contributed by atoms with van der Waals surface area (Å²) in [7, 11) is -3.98. The van der Waals surface area contributed by atoms with Crippen molar-refractivity contribution in [2.45, 2.75) is 38.0 Å². The summed E-state index contributed by atoms with van der Waals surface area (Å²) < 4.78 is 30.6. The molecule has 1 unspecified atom stereocenters. The fourth-order valence-corrected chi connectivity index (χ4v) is 4.86. The molecule has 2 N–H and O–H groups in total. The number of anilines is 1. The van der Waals surface area contributed by atoms with Crippen LogP contribution in [0.2, 0.25) is 0 Å². The average Bonchev–Trinajstić information content (AvgIpc) is 3.04. The highest BCUT2D eigenvalue weighted by atomic mass is 32.2. The molecule has 1 saturated heterocycles. The van der Waals surface area contributed by atoms with E-state index >= 15 is 0 Å². The molecule has 1 aromatic carbocycles. The quantitative estimate of drug-likeness (QED) is 0.533. The van der Waals surface area contributed by atoms with Gasteiger partial charge in [-0.1, -0.05) is 25.1 Å². The van der Waals surface area contributed by atoms with Crippen LogP contribution in [0.4, 0.5) is 5.95 Å². The molecule has 1 aliphatic rings. The van der Waals surface area contributed by atoms with E-state index in [9.17, 15) is 13.2 Å². The molecule has 1 atom stereocenters. The zero-order valence-electron chi connectivity index (χ0n) is 17.7. The Morgan fingerprint density at radius 3 is 2.55 bits per heavy atom. The Bertz CT molecular complexity index is 1250. The van der Waals surface area contributed by atoms with Crippen LogP contribution in [0.15, 0.2) is 40.0 Å². The van der Waals surface area contributed by atoms with Crippen molar-refractivity contribution in [3.63, 3.8) is 0 Å². The first kappa shape index (κ1) is 21.3. The van der Waals surface area contributed by atoms with E-state index in [-0.39, 0.29) is 28.9 Å². The molecule has 0 spiro atoms. The first-order chi connectivity index (χ1) is 14.9. The molecule has 0 amide bonds. The van der Waals surface area contributed by atoms with Crippen LogP contribution in [-0.2, 0) is 10.0 Å². The normalized spacial score (nSPS) is 15.6. The molecular formula is C20H26N6O4S. The Labute approximate surface area is 180 Å². The maximum Gasteiger partial charge on any atom is 0.314 e. The number of benzene rings is 1. The molecule has 31 heavy (non-hydrogen) atoms. The predicted molar refractivity (Wildman–Crippen MR) is 116 cm³/mol. The highest BCUT2D eigenvalue weighted by Crippen LogP contribution is 2.30. The van der Waals surface area contributed by atoms with Gasteiger partial charge in [0.1, 0.15) is 12.4 Å². The molecule has 1 aliphatic heterocycles. The second-order valence-corrected chi connectivity index (χ2v) is 9.19. The van der Waals surface area contributed by atoms with Gasteiger partial charge in [0, 0.05) is 5.92 Å². The Kier molecular flexibility index (Phi) is 5.71. The van der Waals surface area contributed by atoms with Crippen LogP contribution in [-0.4, -0.2) is 47.4 Å². The Morgan fingerprint density at radius 2 is 1.97 bits per heavy atom. The lowest BCUT2D eigenvalue weighted by Crippen LogP contribution is -2.45. The molecule has 0 saturated carbocycles. The van der Waals surface area contributed by atoms with Gasteiger partial charge < -0.3 is 10.2 Å². The molecule has 3 aromatic rings. The molecule has 1 fully saturated rings. The van der Waals surface area contributed by atoms with Crippen molar-refractivity contribution in [2.75, 3.05) is 24.4 Å². The summed E-state index contributed by atoms with van der Waals surface area (Å²) in [5.74, 6) is 0.914. The number of aromatic nitrogens is 4. The van der Waals surface area contributed by atoms with Crippen molar-refractivity contribution >= 4 is 21.5 Å². The maximum absolute atomic E-state index is 13.3. The topological polar surface area (TPSA) is 120 Å². The first-order valence-electron chi connectivity index (χ1n) is 10.3. The van der Waals surface area contributed by atoms with E-state index in [1.54, 1.807) is 32.0 Å². The van der Waals surface area contributed by atoms with Crippen molar-refractivity contribution in [1.82, 2.24) is 24.6 Å². The molecule has 2 aromatic heterocycles. The number of rotatable bonds is 8. The van der Waals surface area contributed by atoms with E-state index in [2.05, 4.69) is 27.0 Å². The zero-order valence-corrected chi connectivity index (χ0v) is 18.5. The van der Waals surface area contributed by atoms with Gasteiger partial charge in [-0.15, -0.1) is 9.83 Å². The van der Waals surface area contributed by atoms with Gasteiger partial charge in [0.05, 0.1) is 10.6 Å². The molecule has 4 rings (SSSR count). The van der Waals surface area contributed by atoms with Gasteiger partial charge in [-0.2, -0.15) is 0 Å². The monoisotopic (exact) mass is 446 g/mol. The minimum atomic E-state index is -3.98. The second-order valence-electron chi connectivity index (χ2n) is 7.51. The van der Waals surface area contributed by atoms with Crippen molar-refractivity contribution in [1.29, 1.82) is 0 Å². The van der Waals surface area contributed by atoms with Gasteiger partial charge in [-0.3, -0.25) is 4.79 Å². The van der Waals surface area contributed by atoms with Crippen molar-refractivity contribution in [3.05, 3.63) is 52.2 Å². The number of nitrogens with one attached hydrogen (secondary N) is 2. The molecule has 0 radical (unpaired) electrons. The smallest absolute Gasteiger partial charge is 0.314 e. The lowest BCUT2D eigenvalue weighted by Gasteiger charge is -2.33. The third kappa shape index (κ3) is 3.79. The third-order valence-corrected chi connectivity index (χ3v) is 6.86. The standard InChI is InChI=1S/C20H26N6O4S/c1-4-16(14-11-21-12-14)18-22-13(3)17-19(27)26(30-5-2)20(23-25(17)18)24-31(28,29)15-9-7-6-8-10-15/h6-10,14,16,21H,4-5,11-12H2,1-3H3,(H,23,24). The lowest BCUT2D eigenvalue weighted by atomic mass is 9.85. The number of fused-ring (bicyclic) bond motifs is 1. The second kappa shape index (κ2) is 8.31. The largest absolute Gasteiger partial charge is 0.408 e. The Hall–Kier alpha value is -2.92. The molecule has 11 heteroatoms. The summed E-state index contributed by atoms with van der Waals surface area (Å²) in [5.41, 5.74) is 0.293. The molecule has 0 aliphatic carbocycles. The summed E-state index contributed by atoms with van der Waals surface area (Å²) in [6.07, 6.45) is 0.826. The molecule has 0 bridgehead atoms. The minimum Gasteiger partial charge on any atom is -0.408 e. The van der Waals surface area contributed by atoms with Crippen LogP contribution in [0.5, 0.6) is 0 Å². The molecule has 3 heterocycles. The highest BCUT2D eigenvalue weighted by molar-refractivity contribution is 7.92. The van der Waals surface area contributed by atoms with Gasteiger partial charge in [0.25, 0.3) is 16.0 Å². The summed E-state index contributed by atoms with van der Waals surface area (Å²) in [5, 5.41) is 7.74. The first-order valence-corrected chi connectivity index (χ1v) is 11.8. The van der Waals surface area contributed by atoms with E-state index in [0.29, 0.717) is 17.4 Å². The molecule has 10 nitrogen and oxygen atoms in total. The van der Waals surface area contributed by atoms with Gasteiger partial charge >= 0.3 is 5.56 Å². The Balaban J connectivity index is 1.89. The van der Waals surface area contributed by atoms with Gasteiger partial charge in [-0.05, 0) is 51.4 Å². The number of aryl methyl sites for hydroxylation is 1. The van der Waals surface area contributed by atoms with E-state index in [4.69, 9.17) is 4.84 Å². The SMILES string of the molecule is CCOn1c(NS(=O)(=O)c2ccccc2)nn2c(C(CC)C3CNC3)nc(C)c2c1=O. The summed E-state index contributed by atoms with van der Waals surface area (Å²) in [6, 6.07) is 7.90. The van der Waals surface area contributed by atoms with Crippen molar-refractivity contribution < 1.29 is 13.3 Å². The number of hydrogen-bond acceptors (Lipinski definition) is 7. The van der Waals surface area contributed by atoms with Gasteiger partial charge in [0.15, 0.2) is 5.52 Å². The fourth-order valence-electron chi connectivity index (χ4n) is 3.87. The van der Waals surface area contributed by atoms with E-state index in [0.717, 1.165) is 24.2 Å². The zero-order chi connectivity index (χ0) is 22.2. The van der Waals surface area contributed by atoms with Crippen LogP contribution in [0.3, 0.4) is 0 Å². The van der Waals surface area contributed by atoms with E-state index in [1.165, 1.54) is 16.6 Å². The molecule has 166 valence electrons. The van der Waals surface area contributed by atoms with Crippen molar-refractivity contribution in [2.24, 2.45) is 5.92 Å². The van der Waals surface area contributed by atoms with E-state index in [1.807, 2.05) is 0 Å². The van der Waals surface area contributed by atoms with E-state index < -0.39 is 15.6 Å². The number of sulfonamides is 1.